The quantitative estimate of drug-likeness (QED) is 0.549. The predicted octanol–water partition coefficient (Wildman–Crippen LogP) is 0.865. The average Bonchev–Trinajstić information content (AvgIpc) is 3.51. The molecule has 4 heterocycles. The Morgan fingerprint density at radius 1 is 1.15 bits per heavy atom. The van der Waals surface area contributed by atoms with E-state index in [0.29, 0.717) is 33.3 Å². The summed E-state index contributed by atoms with van der Waals surface area (Å²) in [5, 5.41) is 6.20. The van der Waals surface area contributed by atoms with Gasteiger partial charge < -0.3 is 20.5 Å². The molecule has 174 valence electrons. The molecule has 10 nitrogen and oxygen atoms in total. The van der Waals surface area contributed by atoms with E-state index >= 15 is 0 Å². The molecule has 0 aromatic heterocycles. The van der Waals surface area contributed by atoms with Gasteiger partial charge in [0, 0.05) is 18.0 Å². The van der Waals surface area contributed by atoms with E-state index in [4.69, 9.17) is 26.8 Å². The maximum atomic E-state index is 13.7. The largest absolute Gasteiger partial charge is 0.454 e. The second-order valence-corrected chi connectivity index (χ2v) is 9.21. The minimum absolute atomic E-state index is 0.00923. The number of hydrogen-bond acceptors (Lipinski definition) is 7. The first kappa shape index (κ1) is 20.9. The molecule has 4 aliphatic heterocycles. The number of nitrogens with zero attached hydrogens (tertiary/aromatic N) is 1. The molecular formula is C23H19ClN4O6. The van der Waals surface area contributed by atoms with Gasteiger partial charge in [-0.05, 0) is 23.8 Å². The van der Waals surface area contributed by atoms with E-state index in [0.717, 1.165) is 4.90 Å². The monoisotopic (exact) mass is 482 g/mol. The Bertz CT molecular complexity index is 1300. The maximum Gasteiger partial charge on any atom is 0.250 e. The maximum absolute atomic E-state index is 13.7. The first-order chi connectivity index (χ1) is 16.3. The molecular weight excluding hydrogens is 464 g/mol. The third-order valence-electron chi connectivity index (χ3n) is 6.99. The first-order valence-electron chi connectivity index (χ1n) is 10.7. The van der Waals surface area contributed by atoms with Crippen LogP contribution in [0.15, 0.2) is 36.4 Å². The number of carbonyl (C=O) groups excluding carboxylic acids is 4. The number of fused-ring (bicyclic) bond motifs is 5. The highest BCUT2D eigenvalue weighted by Crippen LogP contribution is 2.54. The zero-order valence-corrected chi connectivity index (χ0v) is 18.4. The van der Waals surface area contributed by atoms with Crippen LogP contribution in [0.2, 0.25) is 5.02 Å². The minimum atomic E-state index is -1.54. The Labute approximate surface area is 198 Å². The van der Waals surface area contributed by atoms with E-state index in [1.807, 2.05) is 0 Å². The van der Waals surface area contributed by atoms with Crippen LogP contribution in [0.25, 0.3) is 0 Å². The molecule has 2 aromatic rings. The SMILES string of the molecule is NC(=O)C[C@@H]1N[C@@]2(C(=O)Nc3c(Cl)cccc32)[C@H]2C(=O)N(Cc3ccc4c(c3)OCO4)C(=O)[C@H]12. The molecule has 0 radical (unpaired) electrons. The van der Waals surface area contributed by atoms with E-state index in [2.05, 4.69) is 10.6 Å². The van der Waals surface area contributed by atoms with Crippen LogP contribution in [0.5, 0.6) is 11.5 Å². The van der Waals surface area contributed by atoms with Gasteiger partial charge in [0.25, 0.3) is 0 Å². The van der Waals surface area contributed by atoms with Gasteiger partial charge in [-0.1, -0.05) is 29.8 Å². The Balaban J connectivity index is 1.42. The summed E-state index contributed by atoms with van der Waals surface area (Å²) in [5.41, 5.74) is 5.43. The minimum Gasteiger partial charge on any atom is -0.454 e. The molecule has 4 N–H and O–H groups in total. The van der Waals surface area contributed by atoms with Crippen LogP contribution in [0.1, 0.15) is 17.5 Å². The van der Waals surface area contributed by atoms with Crippen molar-refractivity contribution >= 4 is 40.9 Å². The highest BCUT2D eigenvalue weighted by molar-refractivity contribution is 6.35. The Morgan fingerprint density at radius 3 is 2.74 bits per heavy atom. The molecule has 34 heavy (non-hydrogen) atoms. The fraction of sp³-hybridized carbons (Fsp3) is 0.304. The number of primary amides is 1. The number of rotatable bonds is 4. The zero-order valence-electron chi connectivity index (χ0n) is 17.7. The summed E-state index contributed by atoms with van der Waals surface area (Å²) >= 11 is 6.31. The zero-order chi connectivity index (χ0) is 23.8. The molecule has 2 saturated heterocycles. The Hall–Kier alpha value is -3.63. The highest BCUT2D eigenvalue weighted by Gasteiger charge is 2.70. The second-order valence-electron chi connectivity index (χ2n) is 8.80. The number of halogens is 1. The Kier molecular flexibility index (Phi) is 4.42. The average molecular weight is 483 g/mol. The van der Waals surface area contributed by atoms with Crippen LogP contribution in [-0.2, 0) is 31.3 Å². The van der Waals surface area contributed by atoms with E-state index < -0.39 is 47.0 Å². The number of nitrogens with two attached hydrogens (primary N) is 1. The van der Waals surface area contributed by atoms with Gasteiger partial charge in [-0.15, -0.1) is 0 Å². The van der Waals surface area contributed by atoms with Crippen molar-refractivity contribution in [3.8, 4) is 11.5 Å². The van der Waals surface area contributed by atoms with Gasteiger partial charge in [-0.3, -0.25) is 29.4 Å². The van der Waals surface area contributed by atoms with Crippen molar-refractivity contribution in [2.45, 2.75) is 24.5 Å². The lowest BCUT2D eigenvalue weighted by molar-refractivity contribution is -0.143. The van der Waals surface area contributed by atoms with Crippen molar-refractivity contribution in [3.63, 3.8) is 0 Å². The van der Waals surface area contributed by atoms with Crippen molar-refractivity contribution in [2.24, 2.45) is 17.6 Å². The fourth-order valence-electron chi connectivity index (χ4n) is 5.62. The number of amides is 4. The summed E-state index contributed by atoms with van der Waals surface area (Å²) < 4.78 is 10.7. The van der Waals surface area contributed by atoms with E-state index in [1.165, 1.54) is 0 Å². The normalized spacial score (nSPS) is 28.4. The fourth-order valence-corrected chi connectivity index (χ4v) is 5.84. The van der Waals surface area contributed by atoms with Gasteiger partial charge in [0.05, 0.1) is 29.1 Å². The molecule has 2 aromatic carbocycles. The number of nitrogens with one attached hydrogen (secondary N) is 2. The second kappa shape index (κ2) is 7.18. The van der Waals surface area contributed by atoms with Gasteiger partial charge in [-0.25, -0.2) is 0 Å². The van der Waals surface area contributed by atoms with Crippen molar-refractivity contribution in [1.29, 1.82) is 0 Å². The summed E-state index contributed by atoms with van der Waals surface area (Å²) in [7, 11) is 0. The van der Waals surface area contributed by atoms with Gasteiger partial charge in [0.1, 0.15) is 5.54 Å². The summed E-state index contributed by atoms with van der Waals surface area (Å²) in [5.74, 6) is -3.00. The van der Waals surface area contributed by atoms with Gasteiger partial charge >= 0.3 is 0 Å². The number of likely N-dealkylation sites (tertiary alicyclic amines) is 1. The van der Waals surface area contributed by atoms with Crippen molar-refractivity contribution in [3.05, 3.63) is 52.5 Å². The summed E-state index contributed by atoms with van der Waals surface area (Å²) in [4.78, 5) is 53.6. The van der Waals surface area contributed by atoms with E-state index in [1.54, 1.807) is 36.4 Å². The van der Waals surface area contributed by atoms with Crippen LogP contribution in [0.3, 0.4) is 0 Å². The molecule has 4 amide bonds. The molecule has 0 bridgehead atoms. The summed E-state index contributed by atoms with van der Waals surface area (Å²) in [6, 6.07) is 9.36. The third-order valence-corrected chi connectivity index (χ3v) is 7.30. The van der Waals surface area contributed by atoms with Gasteiger partial charge in [0.2, 0.25) is 30.4 Å². The number of imide groups is 1. The molecule has 11 heteroatoms. The molecule has 1 spiro atoms. The molecule has 0 saturated carbocycles. The standard InChI is InChI=1S/C23H19ClN4O6/c24-12-3-1-2-11-19(12)26-22(32)23(11)18-17(13(27-23)7-16(25)29)20(30)28(21(18)31)8-10-4-5-14-15(6-10)34-9-33-14/h1-6,13,17-18,27H,7-9H2,(H2,25,29)(H,26,32)/t13-,17+,18+,23+/m0/s1. The van der Waals surface area contributed by atoms with Crippen molar-refractivity contribution < 1.29 is 28.7 Å². The van der Waals surface area contributed by atoms with Crippen LogP contribution < -0.4 is 25.8 Å². The van der Waals surface area contributed by atoms with Crippen LogP contribution >= 0.6 is 11.6 Å². The summed E-state index contributed by atoms with van der Waals surface area (Å²) in [6.07, 6.45) is -0.205. The third kappa shape index (κ3) is 2.72. The topological polar surface area (TPSA) is 140 Å². The smallest absolute Gasteiger partial charge is 0.250 e. The Morgan fingerprint density at radius 2 is 1.94 bits per heavy atom. The van der Waals surface area contributed by atoms with Crippen molar-refractivity contribution in [1.82, 2.24) is 10.2 Å². The van der Waals surface area contributed by atoms with Crippen LogP contribution in [0.4, 0.5) is 5.69 Å². The lowest BCUT2D eigenvalue weighted by Crippen LogP contribution is -2.53. The number of anilines is 1. The highest BCUT2D eigenvalue weighted by atomic mass is 35.5. The van der Waals surface area contributed by atoms with E-state index in [9.17, 15) is 19.2 Å². The lowest BCUT2D eigenvalue weighted by Gasteiger charge is -2.29. The lowest BCUT2D eigenvalue weighted by atomic mass is 9.76. The molecule has 2 fully saturated rings. The number of carbonyl (C=O) groups is 4. The molecule has 4 atom stereocenters. The first-order valence-corrected chi connectivity index (χ1v) is 11.1. The number of benzene rings is 2. The molecule has 0 unspecified atom stereocenters. The number of ether oxygens (including phenoxy) is 2. The number of hydrogen-bond donors (Lipinski definition) is 3. The summed E-state index contributed by atoms with van der Waals surface area (Å²) in [6.45, 7) is 0.0925. The number of para-hydroxylation sites is 1. The molecule has 4 aliphatic rings. The van der Waals surface area contributed by atoms with Crippen LogP contribution in [0, 0.1) is 11.8 Å². The molecule has 6 rings (SSSR count). The molecule has 0 aliphatic carbocycles. The van der Waals surface area contributed by atoms with E-state index in [-0.39, 0.29) is 19.8 Å². The van der Waals surface area contributed by atoms with Gasteiger partial charge in [0.15, 0.2) is 11.5 Å². The predicted molar refractivity (Wildman–Crippen MR) is 118 cm³/mol. The van der Waals surface area contributed by atoms with Crippen LogP contribution in [-0.4, -0.2) is 41.4 Å². The van der Waals surface area contributed by atoms with Gasteiger partial charge in [-0.2, -0.15) is 0 Å². The van der Waals surface area contributed by atoms with Crippen molar-refractivity contribution in [2.75, 3.05) is 12.1 Å².